The van der Waals surface area contributed by atoms with E-state index in [0.29, 0.717) is 11.8 Å². The second-order valence-corrected chi connectivity index (χ2v) is 6.65. The van der Waals surface area contributed by atoms with Crippen LogP contribution in [0.4, 0.5) is 0 Å². The van der Waals surface area contributed by atoms with Crippen molar-refractivity contribution in [1.82, 2.24) is 10.2 Å². The third kappa shape index (κ3) is 3.08. The molecule has 6 heteroatoms. The van der Waals surface area contributed by atoms with Crippen molar-refractivity contribution in [3.8, 4) is 11.5 Å². The molecule has 0 bridgehead atoms. The van der Waals surface area contributed by atoms with Gasteiger partial charge in [-0.05, 0) is 63.1 Å². The van der Waals surface area contributed by atoms with E-state index in [1.54, 1.807) is 0 Å². The lowest BCUT2D eigenvalue weighted by Crippen LogP contribution is -1.86. The van der Waals surface area contributed by atoms with Gasteiger partial charge in [-0.2, -0.15) is 0 Å². The lowest BCUT2D eigenvalue weighted by Gasteiger charge is -2.01. The van der Waals surface area contributed by atoms with Gasteiger partial charge in [-0.1, -0.05) is 22.9 Å². The summed E-state index contributed by atoms with van der Waals surface area (Å²) in [5.41, 5.74) is 0.923. The predicted molar refractivity (Wildman–Crippen MR) is 82.1 cm³/mol. The quantitative estimate of drug-likeness (QED) is 0.469. The summed E-state index contributed by atoms with van der Waals surface area (Å²) in [7, 11) is 0. The van der Waals surface area contributed by atoms with Crippen LogP contribution in [0.5, 0.6) is 0 Å². The highest BCUT2D eigenvalue weighted by Gasteiger charge is 2.16. The first-order valence-corrected chi connectivity index (χ1v) is 7.83. The second kappa shape index (κ2) is 5.79. The van der Waals surface area contributed by atoms with Gasteiger partial charge in [0, 0.05) is 8.04 Å². The zero-order valence-electron chi connectivity index (χ0n) is 8.95. The van der Waals surface area contributed by atoms with Crippen LogP contribution in [0.1, 0.15) is 24.1 Å². The third-order valence-electron chi connectivity index (χ3n) is 2.23. The highest BCUT2D eigenvalue weighted by molar-refractivity contribution is 14.1. The topological polar surface area (TPSA) is 38.9 Å². The largest absolute Gasteiger partial charge is 0.419 e. The summed E-state index contributed by atoms with van der Waals surface area (Å²) in [5, 5.41) is 8.12. The predicted octanol–water partition coefficient (Wildman–Crippen LogP) is 4.95. The number of alkyl halides is 1. The molecule has 1 atom stereocenters. The smallest absolute Gasteiger partial charge is 0.248 e. The van der Waals surface area contributed by atoms with E-state index >= 15 is 0 Å². The Bertz CT molecular complexity index is 530. The van der Waals surface area contributed by atoms with E-state index in [1.165, 1.54) is 0 Å². The Morgan fingerprint density at radius 2 is 2.18 bits per heavy atom. The molecule has 0 aliphatic heterocycles. The molecule has 0 amide bonds. The van der Waals surface area contributed by atoms with E-state index in [-0.39, 0.29) is 4.83 Å². The minimum Gasteiger partial charge on any atom is -0.419 e. The van der Waals surface area contributed by atoms with Gasteiger partial charge >= 0.3 is 0 Å². The Labute approximate surface area is 130 Å². The van der Waals surface area contributed by atoms with Crippen LogP contribution < -0.4 is 0 Å². The van der Waals surface area contributed by atoms with Gasteiger partial charge in [0.15, 0.2) is 0 Å². The first-order valence-electron chi connectivity index (χ1n) is 5.04. The SMILES string of the molecule is CCC(Br)c1nnc(-c2cc(I)ccc2Br)o1. The highest BCUT2D eigenvalue weighted by Crippen LogP contribution is 2.32. The number of aromatic nitrogens is 2. The molecular weight excluding hydrogens is 463 g/mol. The number of nitrogens with zero attached hydrogens (tertiary/aromatic N) is 2. The van der Waals surface area contributed by atoms with E-state index in [2.05, 4.69) is 71.6 Å². The van der Waals surface area contributed by atoms with Crippen LogP contribution in [-0.2, 0) is 0 Å². The molecule has 1 aromatic heterocycles. The highest BCUT2D eigenvalue weighted by atomic mass is 127. The molecule has 3 nitrogen and oxygen atoms in total. The Balaban J connectivity index is 2.40. The van der Waals surface area contributed by atoms with Gasteiger partial charge < -0.3 is 4.42 Å². The second-order valence-electron chi connectivity index (χ2n) is 3.45. The van der Waals surface area contributed by atoms with Crippen molar-refractivity contribution in [2.45, 2.75) is 18.2 Å². The summed E-state index contributed by atoms with van der Waals surface area (Å²) in [5.74, 6) is 1.16. The Kier molecular flexibility index (Phi) is 4.59. The molecule has 0 saturated carbocycles. The van der Waals surface area contributed by atoms with Crippen LogP contribution in [0.25, 0.3) is 11.5 Å². The molecule has 0 aliphatic rings. The lowest BCUT2D eigenvalue weighted by molar-refractivity contribution is 0.500. The Morgan fingerprint density at radius 1 is 1.41 bits per heavy atom. The molecule has 0 N–H and O–H groups in total. The summed E-state index contributed by atoms with van der Waals surface area (Å²) in [6.07, 6.45) is 0.912. The van der Waals surface area contributed by atoms with Crippen molar-refractivity contribution in [3.05, 3.63) is 32.1 Å². The molecule has 0 spiro atoms. The molecule has 17 heavy (non-hydrogen) atoms. The van der Waals surface area contributed by atoms with Crippen LogP contribution in [-0.4, -0.2) is 10.2 Å². The maximum Gasteiger partial charge on any atom is 0.248 e. The van der Waals surface area contributed by atoms with E-state index in [4.69, 9.17) is 4.42 Å². The minimum atomic E-state index is 0.116. The number of rotatable bonds is 3. The fourth-order valence-corrected chi connectivity index (χ4v) is 2.40. The van der Waals surface area contributed by atoms with E-state index in [1.807, 2.05) is 18.2 Å². The molecule has 0 fully saturated rings. The summed E-state index contributed by atoms with van der Waals surface area (Å²) < 4.78 is 7.74. The summed E-state index contributed by atoms with van der Waals surface area (Å²) in [6.45, 7) is 2.06. The maximum atomic E-state index is 5.66. The van der Waals surface area contributed by atoms with Crippen LogP contribution >= 0.6 is 54.5 Å². The molecular formula is C11H9Br2IN2O. The average molecular weight is 472 g/mol. The van der Waals surface area contributed by atoms with Crippen molar-refractivity contribution >= 4 is 54.5 Å². The monoisotopic (exact) mass is 470 g/mol. The maximum absolute atomic E-state index is 5.66. The van der Waals surface area contributed by atoms with Crippen LogP contribution in [0.15, 0.2) is 27.1 Å². The summed E-state index contributed by atoms with van der Waals surface area (Å²) in [4.78, 5) is 0.116. The van der Waals surface area contributed by atoms with Crippen LogP contribution in [0.3, 0.4) is 0 Å². The normalized spacial score (nSPS) is 12.7. The summed E-state index contributed by atoms with van der Waals surface area (Å²) >= 11 is 9.24. The van der Waals surface area contributed by atoms with Crippen molar-refractivity contribution in [2.24, 2.45) is 0 Å². The number of hydrogen-bond acceptors (Lipinski definition) is 3. The Morgan fingerprint density at radius 3 is 2.88 bits per heavy atom. The molecule has 2 aromatic rings. The van der Waals surface area contributed by atoms with Crippen molar-refractivity contribution in [1.29, 1.82) is 0 Å². The molecule has 90 valence electrons. The molecule has 2 rings (SSSR count). The molecule has 0 aliphatic carbocycles. The first kappa shape index (κ1) is 13.5. The van der Waals surface area contributed by atoms with Gasteiger partial charge in [0.1, 0.15) is 0 Å². The minimum absolute atomic E-state index is 0.116. The average Bonchev–Trinajstić information content (AvgIpc) is 2.80. The van der Waals surface area contributed by atoms with E-state index < -0.39 is 0 Å². The number of benzene rings is 1. The standard InChI is InChI=1S/C11H9Br2IN2O/c1-2-8(12)11-16-15-10(17-11)7-5-6(14)3-4-9(7)13/h3-5,8H,2H2,1H3. The first-order chi connectivity index (χ1) is 8.11. The zero-order valence-corrected chi connectivity index (χ0v) is 14.3. The van der Waals surface area contributed by atoms with Gasteiger partial charge in [-0.3, -0.25) is 0 Å². The fourth-order valence-electron chi connectivity index (χ4n) is 1.31. The van der Waals surface area contributed by atoms with Gasteiger partial charge in [-0.25, -0.2) is 0 Å². The van der Waals surface area contributed by atoms with E-state index in [0.717, 1.165) is 20.0 Å². The van der Waals surface area contributed by atoms with Crippen molar-refractivity contribution in [2.75, 3.05) is 0 Å². The molecule has 0 saturated heterocycles. The van der Waals surface area contributed by atoms with Crippen molar-refractivity contribution in [3.63, 3.8) is 0 Å². The molecule has 1 heterocycles. The Hall–Kier alpha value is 0.0500. The van der Waals surface area contributed by atoms with Gasteiger partial charge in [-0.15, -0.1) is 10.2 Å². The van der Waals surface area contributed by atoms with Gasteiger partial charge in [0.2, 0.25) is 11.8 Å². The zero-order chi connectivity index (χ0) is 12.4. The molecule has 0 radical (unpaired) electrons. The summed E-state index contributed by atoms with van der Waals surface area (Å²) in [6, 6.07) is 6.01. The third-order valence-corrected chi connectivity index (χ3v) is 4.63. The van der Waals surface area contributed by atoms with Gasteiger partial charge in [0.25, 0.3) is 0 Å². The van der Waals surface area contributed by atoms with Gasteiger partial charge in [0.05, 0.1) is 10.4 Å². The molecule has 1 unspecified atom stereocenters. The van der Waals surface area contributed by atoms with Crippen LogP contribution in [0.2, 0.25) is 0 Å². The van der Waals surface area contributed by atoms with E-state index in [9.17, 15) is 0 Å². The number of hydrogen-bond donors (Lipinski definition) is 0. The molecule has 1 aromatic carbocycles. The number of halogens is 3. The van der Waals surface area contributed by atoms with Crippen molar-refractivity contribution < 1.29 is 4.42 Å². The van der Waals surface area contributed by atoms with Crippen LogP contribution in [0, 0.1) is 3.57 Å². The lowest BCUT2D eigenvalue weighted by atomic mass is 10.2. The fraction of sp³-hybridized carbons (Fsp3) is 0.273.